The van der Waals surface area contributed by atoms with Crippen molar-refractivity contribution in [2.45, 2.75) is 123 Å². The van der Waals surface area contributed by atoms with Gasteiger partial charge in [0, 0.05) is 0 Å². The smallest absolute Gasteiger partial charge is 0.187 e. The molecule has 0 aromatic rings. The molecule has 4 heterocycles. The largest absolute Gasteiger partial charge is 0.394 e. The fraction of sp³-hybridized carbons (Fsp3) is 1.00. The van der Waals surface area contributed by atoms with Gasteiger partial charge in [0.1, 0.15) is 97.7 Å². The zero-order chi connectivity index (χ0) is 33.3. The predicted octanol–water partition coefficient (Wildman–Crippen LogP) is -9.75. The minimum Gasteiger partial charge on any atom is -0.394 e. The molecule has 0 aliphatic carbocycles. The maximum atomic E-state index is 11.1. The lowest BCUT2D eigenvalue weighted by atomic mass is 9.95. The highest BCUT2D eigenvalue weighted by Gasteiger charge is 2.56. The molecule has 0 aromatic heterocycles. The van der Waals surface area contributed by atoms with Crippen LogP contribution in [-0.2, 0) is 33.2 Å². The fourth-order valence-corrected chi connectivity index (χ4v) is 5.51. The molecule has 21 heteroatoms. The van der Waals surface area contributed by atoms with E-state index in [1.807, 2.05) is 0 Å². The van der Waals surface area contributed by atoms with Crippen molar-refractivity contribution in [3.8, 4) is 0 Å². The second kappa shape index (κ2) is 15.6. The summed E-state index contributed by atoms with van der Waals surface area (Å²) in [4.78, 5) is 0. The number of rotatable bonds is 10. The Kier molecular flexibility index (Phi) is 12.8. The van der Waals surface area contributed by atoms with Gasteiger partial charge in [0.25, 0.3) is 0 Å². The van der Waals surface area contributed by atoms with Crippen LogP contribution in [0.5, 0.6) is 0 Å². The minimum absolute atomic E-state index is 0.854. The molecular formula is C24H42O21. The zero-order valence-electron chi connectivity index (χ0n) is 23.5. The summed E-state index contributed by atoms with van der Waals surface area (Å²) in [6.07, 6.45) is -36.8. The fourth-order valence-electron chi connectivity index (χ4n) is 5.51. The summed E-state index contributed by atoms with van der Waals surface area (Å²) in [7, 11) is 0. The van der Waals surface area contributed by atoms with Gasteiger partial charge in [0.15, 0.2) is 25.2 Å². The summed E-state index contributed by atoms with van der Waals surface area (Å²) in [5.41, 5.74) is 0. The zero-order valence-corrected chi connectivity index (χ0v) is 23.5. The van der Waals surface area contributed by atoms with Gasteiger partial charge in [-0.2, -0.15) is 0 Å². The first-order valence-corrected chi connectivity index (χ1v) is 14.1. The molecule has 21 nitrogen and oxygen atoms in total. The molecule has 4 aliphatic rings. The molecule has 20 atom stereocenters. The molecule has 264 valence electrons. The number of ether oxygens (including phenoxy) is 7. The molecule has 4 rings (SSSR count). The van der Waals surface area contributed by atoms with Crippen molar-refractivity contribution in [3.05, 3.63) is 0 Å². The first-order valence-electron chi connectivity index (χ1n) is 14.1. The quantitative estimate of drug-likeness (QED) is 0.103. The van der Waals surface area contributed by atoms with Crippen LogP contribution >= 0.6 is 0 Å². The van der Waals surface area contributed by atoms with Gasteiger partial charge in [-0.25, -0.2) is 0 Å². The molecule has 0 saturated carbocycles. The molecule has 0 aromatic carbocycles. The maximum absolute atomic E-state index is 11.1. The maximum Gasteiger partial charge on any atom is 0.187 e. The third-order valence-electron chi connectivity index (χ3n) is 8.21. The van der Waals surface area contributed by atoms with Crippen LogP contribution in [0.3, 0.4) is 0 Å². The second-order valence-electron chi connectivity index (χ2n) is 11.1. The highest BCUT2D eigenvalue weighted by molar-refractivity contribution is 4.98. The summed E-state index contributed by atoms with van der Waals surface area (Å²) < 4.78 is 38.7. The lowest BCUT2D eigenvalue weighted by Crippen LogP contribution is -2.68. The lowest BCUT2D eigenvalue weighted by molar-refractivity contribution is -0.405. The van der Waals surface area contributed by atoms with Gasteiger partial charge >= 0.3 is 0 Å². The Hall–Kier alpha value is -0.840. The molecule has 14 N–H and O–H groups in total. The molecule has 0 spiro atoms. The summed E-state index contributed by atoms with van der Waals surface area (Å²) in [5.74, 6) is 0. The summed E-state index contributed by atoms with van der Waals surface area (Å²) >= 11 is 0. The lowest BCUT2D eigenvalue weighted by Gasteiger charge is -2.50. The van der Waals surface area contributed by atoms with Crippen LogP contribution < -0.4 is 0 Å². The molecule has 0 bridgehead atoms. The number of hydrogen-bond donors (Lipinski definition) is 14. The summed E-state index contributed by atoms with van der Waals surface area (Å²) in [6.45, 7) is -3.53. The number of aliphatic hydroxyl groups is 14. The van der Waals surface area contributed by atoms with Crippen LogP contribution in [-0.4, -0.2) is 221 Å². The Morgan fingerprint density at radius 3 is 1.20 bits per heavy atom. The summed E-state index contributed by atoms with van der Waals surface area (Å²) in [5, 5.41) is 143. The number of aliphatic hydroxyl groups excluding tert-OH is 14. The highest BCUT2D eigenvalue weighted by Crippen LogP contribution is 2.35. The Morgan fingerprint density at radius 1 is 0.333 bits per heavy atom. The predicted molar refractivity (Wildman–Crippen MR) is 134 cm³/mol. The van der Waals surface area contributed by atoms with Gasteiger partial charge in [0.05, 0.1) is 26.4 Å². The average molecular weight is 667 g/mol. The van der Waals surface area contributed by atoms with E-state index in [0.717, 1.165) is 0 Å². The topological polar surface area (TPSA) is 348 Å². The van der Waals surface area contributed by atoms with Gasteiger partial charge in [-0.3, -0.25) is 0 Å². The van der Waals surface area contributed by atoms with E-state index in [9.17, 15) is 71.5 Å². The Morgan fingerprint density at radius 2 is 0.733 bits per heavy atom. The van der Waals surface area contributed by atoms with E-state index in [0.29, 0.717) is 0 Å². The van der Waals surface area contributed by atoms with Gasteiger partial charge in [-0.1, -0.05) is 0 Å². The standard InChI is InChI=1S/C24H42O21/c25-1-5-9(29)12(32)16(36)22(40-5)44-19-11(31)7(3-27)42-24(43-18-8(4-28)39-21(38)15(35)14(18)34)20(19)45-23-17(37)13(33)10(30)6(2-26)41-23/h5-38H,1-4H2/t5-,6-,7-,8-,9-,10-,11-,12+,13+,14-,15-,16-,17-,18+,19+,20-,21-,22+,23+,24+/m1/s1. The van der Waals surface area contributed by atoms with Gasteiger partial charge in [-0.05, 0) is 0 Å². The Labute approximate surface area is 254 Å². The van der Waals surface area contributed by atoms with Crippen LogP contribution in [0.15, 0.2) is 0 Å². The van der Waals surface area contributed by atoms with Gasteiger partial charge in [0.2, 0.25) is 0 Å². The van der Waals surface area contributed by atoms with Crippen molar-refractivity contribution in [3.63, 3.8) is 0 Å². The van der Waals surface area contributed by atoms with E-state index < -0.39 is 149 Å². The van der Waals surface area contributed by atoms with Crippen LogP contribution in [0.4, 0.5) is 0 Å². The van der Waals surface area contributed by atoms with E-state index in [1.165, 1.54) is 0 Å². The molecule has 4 fully saturated rings. The van der Waals surface area contributed by atoms with Crippen LogP contribution in [0.25, 0.3) is 0 Å². The molecule has 4 saturated heterocycles. The van der Waals surface area contributed by atoms with E-state index in [4.69, 9.17) is 33.2 Å². The Bertz CT molecular complexity index is 912. The van der Waals surface area contributed by atoms with Crippen LogP contribution in [0.1, 0.15) is 0 Å². The van der Waals surface area contributed by atoms with E-state index >= 15 is 0 Å². The van der Waals surface area contributed by atoms with Crippen molar-refractivity contribution >= 4 is 0 Å². The normalized spacial score (nSPS) is 52.9. The molecular weight excluding hydrogens is 624 g/mol. The molecule has 0 unspecified atom stereocenters. The molecule has 0 amide bonds. The third kappa shape index (κ3) is 7.44. The first kappa shape index (κ1) is 37.0. The van der Waals surface area contributed by atoms with Crippen LogP contribution in [0.2, 0.25) is 0 Å². The highest BCUT2D eigenvalue weighted by atomic mass is 16.8. The van der Waals surface area contributed by atoms with Crippen molar-refractivity contribution in [2.75, 3.05) is 26.4 Å². The molecule has 0 radical (unpaired) electrons. The summed E-state index contributed by atoms with van der Waals surface area (Å²) in [6, 6.07) is 0. The minimum atomic E-state index is -2.03. The van der Waals surface area contributed by atoms with Gasteiger partial charge in [-0.15, -0.1) is 0 Å². The van der Waals surface area contributed by atoms with E-state index in [1.54, 1.807) is 0 Å². The van der Waals surface area contributed by atoms with Gasteiger partial charge < -0.3 is 105 Å². The van der Waals surface area contributed by atoms with Crippen molar-refractivity contribution < 1.29 is 105 Å². The van der Waals surface area contributed by atoms with Crippen molar-refractivity contribution in [2.24, 2.45) is 0 Å². The van der Waals surface area contributed by atoms with E-state index in [-0.39, 0.29) is 0 Å². The first-order chi connectivity index (χ1) is 21.3. The average Bonchev–Trinajstić information content (AvgIpc) is 3.03. The van der Waals surface area contributed by atoms with Crippen LogP contribution in [0, 0.1) is 0 Å². The monoisotopic (exact) mass is 666 g/mol. The molecule has 4 aliphatic heterocycles. The second-order valence-corrected chi connectivity index (χ2v) is 11.1. The SMILES string of the molecule is OC[C@H]1O[C@@H](O[C@H]2[C@H](O[C@@H]3[C@H](O)[C@@H](O)[C@H](O)O[C@@H]3CO)O[C@H](CO)[C@@H](O)[C@@H]2O[C@@H]2O[C@H](CO)[C@@H](O)[C@H](O)[C@H]2O)[C@H](O)[C@@H](O)[C@@H]1O. The molecule has 45 heavy (non-hydrogen) atoms. The van der Waals surface area contributed by atoms with Crippen molar-refractivity contribution in [1.82, 2.24) is 0 Å². The Balaban J connectivity index is 1.70. The van der Waals surface area contributed by atoms with E-state index in [2.05, 4.69) is 0 Å². The third-order valence-corrected chi connectivity index (χ3v) is 8.21. The van der Waals surface area contributed by atoms with Crippen molar-refractivity contribution in [1.29, 1.82) is 0 Å². The number of hydrogen-bond acceptors (Lipinski definition) is 21.